The smallest absolute Gasteiger partial charge is 0.362 e. The van der Waals surface area contributed by atoms with Gasteiger partial charge in [-0.1, -0.05) is 26.2 Å². The Morgan fingerprint density at radius 2 is 2.00 bits per heavy atom. The molecule has 2 aromatic rings. The third-order valence-corrected chi connectivity index (χ3v) is 3.48. The normalized spacial score (nSPS) is 10.1. The number of carbonyl (C=O) groups is 1. The Bertz CT molecular complexity index is 754. The summed E-state index contributed by atoms with van der Waals surface area (Å²) in [6, 6.07) is 8.43. The summed E-state index contributed by atoms with van der Waals surface area (Å²) >= 11 is 0. The number of benzene rings is 1. The number of halogens is 1. The molecule has 0 spiro atoms. The summed E-state index contributed by atoms with van der Waals surface area (Å²) in [4.78, 5) is 16.0. The summed E-state index contributed by atoms with van der Waals surface area (Å²) in [6.07, 6.45) is 5.90. The first-order valence-electron chi connectivity index (χ1n) is 8.14. The zero-order valence-electron chi connectivity index (χ0n) is 14.0. The fourth-order valence-electron chi connectivity index (χ4n) is 2.11. The molecule has 1 aromatic carbocycles. The van der Waals surface area contributed by atoms with Gasteiger partial charge in [-0.15, -0.1) is 0 Å². The molecule has 25 heavy (non-hydrogen) atoms. The summed E-state index contributed by atoms with van der Waals surface area (Å²) in [7, 11) is 0. The molecule has 0 saturated heterocycles. The number of hydrogen-bond acceptors (Lipinski definition) is 5. The first-order chi connectivity index (χ1) is 12.1. The van der Waals surface area contributed by atoms with Gasteiger partial charge in [-0.2, -0.15) is 5.26 Å². The van der Waals surface area contributed by atoms with Crippen molar-refractivity contribution in [3.63, 3.8) is 0 Å². The highest BCUT2D eigenvalue weighted by atomic mass is 19.1. The van der Waals surface area contributed by atoms with E-state index in [1.165, 1.54) is 37.2 Å². The van der Waals surface area contributed by atoms with E-state index in [0.717, 1.165) is 18.9 Å². The molecule has 0 N–H and O–H groups in total. The summed E-state index contributed by atoms with van der Waals surface area (Å²) < 4.78 is 24.1. The lowest BCUT2D eigenvalue weighted by atomic mass is 10.2. The minimum absolute atomic E-state index is 0.0135. The number of ether oxygens (including phenoxy) is 2. The van der Waals surface area contributed by atoms with Crippen LogP contribution in [0, 0.1) is 17.1 Å². The van der Waals surface area contributed by atoms with Crippen molar-refractivity contribution in [3.05, 3.63) is 53.6 Å². The first-order valence-corrected chi connectivity index (χ1v) is 8.14. The highest BCUT2D eigenvalue weighted by Gasteiger charge is 2.12. The number of nitriles is 1. The van der Waals surface area contributed by atoms with Crippen LogP contribution in [0.2, 0.25) is 0 Å². The molecule has 5 nitrogen and oxygen atoms in total. The lowest BCUT2D eigenvalue weighted by molar-refractivity contribution is 0.0728. The van der Waals surface area contributed by atoms with Gasteiger partial charge in [0.15, 0.2) is 0 Å². The van der Waals surface area contributed by atoms with E-state index >= 15 is 0 Å². The van der Waals surface area contributed by atoms with E-state index in [2.05, 4.69) is 11.9 Å². The largest absolute Gasteiger partial charge is 0.492 e. The van der Waals surface area contributed by atoms with Crippen LogP contribution in [-0.4, -0.2) is 17.6 Å². The fraction of sp³-hybridized carbons (Fsp3) is 0.316. The number of aromatic nitrogens is 1. The van der Waals surface area contributed by atoms with Gasteiger partial charge in [-0.25, -0.2) is 14.2 Å². The molecule has 6 heteroatoms. The zero-order valence-corrected chi connectivity index (χ0v) is 14.0. The Balaban J connectivity index is 1.89. The molecule has 0 bridgehead atoms. The van der Waals surface area contributed by atoms with E-state index in [0.29, 0.717) is 12.4 Å². The average molecular weight is 342 g/mol. The van der Waals surface area contributed by atoms with Crippen molar-refractivity contribution in [2.75, 3.05) is 6.61 Å². The van der Waals surface area contributed by atoms with Crippen LogP contribution in [0.3, 0.4) is 0 Å². The minimum atomic E-state index is -0.743. The second-order valence-electron chi connectivity index (χ2n) is 5.43. The van der Waals surface area contributed by atoms with Gasteiger partial charge in [0, 0.05) is 6.07 Å². The molecule has 130 valence electrons. The van der Waals surface area contributed by atoms with Gasteiger partial charge in [0.1, 0.15) is 29.1 Å². The van der Waals surface area contributed by atoms with Crippen LogP contribution in [-0.2, 0) is 0 Å². The van der Waals surface area contributed by atoms with Gasteiger partial charge < -0.3 is 9.47 Å². The molecule has 1 heterocycles. The maximum Gasteiger partial charge on any atom is 0.362 e. The summed E-state index contributed by atoms with van der Waals surface area (Å²) in [5.74, 6) is -0.858. The Morgan fingerprint density at radius 1 is 1.20 bits per heavy atom. The molecule has 0 aliphatic rings. The Kier molecular flexibility index (Phi) is 6.90. The Hall–Kier alpha value is -2.94. The second kappa shape index (κ2) is 9.38. The van der Waals surface area contributed by atoms with Crippen molar-refractivity contribution >= 4 is 5.97 Å². The molecule has 2 rings (SSSR count). The van der Waals surface area contributed by atoms with E-state index in [-0.39, 0.29) is 17.0 Å². The van der Waals surface area contributed by atoms with Crippen molar-refractivity contribution in [2.24, 2.45) is 0 Å². The average Bonchev–Trinajstić information content (AvgIpc) is 2.62. The van der Waals surface area contributed by atoms with Crippen LogP contribution in [0.5, 0.6) is 11.5 Å². The molecule has 0 saturated carbocycles. The summed E-state index contributed by atoms with van der Waals surface area (Å²) in [5.41, 5.74) is -0.0264. The number of rotatable bonds is 8. The van der Waals surface area contributed by atoms with Crippen molar-refractivity contribution in [3.8, 4) is 17.6 Å². The Labute approximate surface area is 146 Å². The maximum atomic E-state index is 13.5. The van der Waals surface area contributed by atoms with E-state index in [1.54, 1.807) is 12.1 Å². The van der Waals surface area contributed by atoms with Crippen LogP contribution in [0.4, 0.5) is 4.39 Å². The van der Waals surface area contributed by atoms with Crippen LogP contribution in [0.1, 0.15) is 48.7 Å². The fourth-order valence-corrected chi connectivity index (χ4v) is 2.11. The van der Waals surface area contributed by atoms with Gasteiger partial charge in [-0.3, -0.25) is 0 Å². The standard InChI is InChI=1S/C19H19FN2O3/c1-2-3-4-5-10-24-16-8-9-18(22-13-16)19(23)25-15-7-6-14(12-21)17(20)11-15/h6-9,11,13H,2-5,10H2,1H3. The second-order valence-corrected chi connectivity index (χ2v) is 5.43. The molecular weight excluding hydrogens is 323 g/mol. The molecule has 0 amide bonds. The molecule has 0 unspecified atom stereocenters. The van der Waals surface area contributed by atoms with Gasteiger partial charge in [0.05, 0.1) is 18.4 Å². The number of carbonyl (C=O) groups excluding carboxylic acids is 1. The van der Waals surface area contributed by atoms with Crippen LogP contribution in [0.15, 0.2) is 36.5 Å². The topological polar surface area (TPSA) is 72.2 Å². The predicted octanol–water partition coefficient (Wildman–Crippen LogP) is 4.27. The van der Waals surface area contributed by atoms with Crippen LogP contribution >= 0.6 is 0 Å². The zero-order chi connectivity index (χ0) is 18.1. The highest BCUT2D eigenvalue weighted by Crippen LogP contribution is 2.18. The monoisotopic (exact) mass is 342 g/mol. The molecule has 0 aliphatic heterocycles. The number of nitrogens with zero attached hydrogens (tertiary/aromatic N) is 2. The molecule has 0 radical (unpaired) electrons. The van der Waals surface area contributed by atoms with Gasteiger partial charge in [0.2, 0.25) is 0 Å². The maximum absolute atomic E-state index is 13.5. The van der Waals surface area contributed by atoms with Crippen molar-refractivity contribution in [2.45, 2.75) is 32.6 Å². The third kappa shape index (κ3) is 5.57. The van der Waals surface area contributed by atoms with E-state index < -0.39 is 11.8 Å². The van der Waals surface area contributed by atoms with Crippen molar-refractivity contribution < 1.29 is 18.7 Å². The number of esters is 1. The number of pyridine rings is 1. The number of hydrogen-bond donors (Lipinski definition) is 0. The lowest BCUT2D eigenvalue weighted by Crippen LogP contribution is -2.11. The third-order valence-electron chi connectivity index (χ3n) is 3.48. The predicted molar refractivity (Wildman–Crippen MR) is 89.9 cm³/mol. The molecule has 0 fully saturated rings. The van der Waals surface area contributed by atoms with E-state index in [9.17, 15) is 9.18 Å². The quantitative estimate of drug-likeness (QED) is 0.407. The molecule has 1 aromatic heterocycles. The lowest BCUT2D eigenvalue weighted by Gasteiger charge is -2.07. The summed E-state index contributed by atoms with van der Waals surface area (Å²) in [6.45, 7) is 2.75. The van der Waals surface area contributed by atoms with Gasteiger partial charge >= 0.3 is 5.97 Å². The molecular formula is C19H19FN2O3. The highest BCUT2D eigenvalue weighted by molar-refractivity contribution is 5.89. The molecule has 0 atom stereocenters. The van der Waals surface area contributed by atoms with Crippen molar-refractivity contribution in [1.82, 2.24) is 4.98 Å². The number of unbranched alkanes of at least 4 members (excludes halogenated alkanes) is 3. The SMILES string of the molecule is CCCCCCOc1ccc(C(=O)Oc2ccc(C#N)c(F)c2)nc1. The van der Waals surface area contributed by atoms with E-state index in [4.69, 9.17) is 14.7 Å². The van der Waals surface area contributed by atoms with Crippen LogP contribution < -0.4 is 9.47 Å². The summed E-state index contributed by atoms with van der Waals surface area (Å²) in [5, 5.41) is 8.68. The van der Waals surface area contributed by atoms with Crippen LogP contribution in [0.25, 0.3) is 0 Å². The van der Waals surface area contributed by atoms with E-state index in [1.807, 2.05) is 0 Å². The first kappa shape index (κ1) is 18.4. The molecule has 0 aliphatic carbocycles. The van der Waals surface area contributed by atoms with Crippen molar-refractivity contribution in [1.29, 1.82) is 5.26 Å². The van der Waals surface area contributed by atoms with Gasteiger partial charge in [-0.05, 0) is 30.7 Å². The van der Waals surface area contributed by atoms with Gasteiger partial charge in [0.25, 0.3) is 0 Å². The Morgan fingerprint density at radius 3 is 2.64 bits per heavy atom. The minimum Gasteiger partial charge on any atom is -0.492 e.